The number of aryl methyl sites for hydroxylation is 1. The molecule has 0 N–H and O–H groups in total. The van der Waals surface area contributed by atoms with E-state index in [0.717, 1.165) is 30.8 Å². The molecule has 2 aromatic rings. The summed E-state index contributed by atoms with van der Waals surface area (Å²) in [7, 11) is 0. The van der Waals surface area contributed by atoms with Gasteiger partial charge >= 0.3 is 0 Å². The van der Waals surface area contributed by atoms with Crippen LogP contribution < -0.4 is 5.56 Å². The van der Waals surface area contributed by atoms with Crippen LogP contribution in [0.5, 0.6) is 0 Å². The van der Waals surface area contributed by atoms with Crippen molar-refractivity contribution in [3.05, 3.63) is 58.4 Å². The van der Waals surface area contributed by atoms with Crippen molar-refractivity contribution in [2.45, 2.75) is 38.8 Å². The smallest absolute Gasteiger partial charge is 0.250 e. The third-order valence-electron chi connectivity index (χ3n) is 4.26. The standard InChI is InChI=1S/C17H20N2O3/c1-13-5-2-8-16(20)18(13)11-9-17(21)19-10-3-6-14(19)15-7-4-12-22-15/h2,4-5,7-8,12,14H,3,6,9-11H2,1H3. The topological polar surface area (TPSA) is 55.5 Å². The average molecular weight is 300 g/mol. The van der Waals surface area contributed by atoms with E-state index in [1.165, 1.54) is 6.07 Å². The van der Waals surface area contributed by atoms with Crippen LogP contribution in [0, 0.1) is 6.92 Å². The van der Waals surface area contributed by atoms with Crippen LogP contribution in [0.15, 0.2) is 45.8 Å². The van der Waals surface area contributed by atoms with Crippen LogP contribution in [0.1, 0.15) is 36.8 Å². The highest BCUT2D eigenvalue weighted by molar-refractivity contribution is 5.76. The van der Waals surface area contributed by atoms with Crippen LogP contribution in [0.2, 0.25) is 0 Å². The third kappa shape index (κ3) is 2.84. The second-order valence-electron chi connectivity index (χ2n) is 5.67. The lowest BCUT2D eigenvalue weighted by molar-refractivity contribution is -0.132. The van der Waals surface area contributed by atoms with E-state index in [4.69, 9.17) is 4.42 Å². The van der Waals surface area contributed by atoms with Gasteiger partial charge in [-0.05, 0) is 38.0 Å². The van der Waals surface area contributed by atoms with Crippen LogP contribution >= 0.6 is 0 Å². The number of likely N-dealkylation sites (tertiary alicyclic amines) is 1. The minimum Gasteiger partial charge on any atom is -0.467 e. The molecule has 0 spiro atoms. The zero-order valence-electron chi connectivity index (χ0n) is 12.7. The lowest BCUT2D eigenvalue weighted by Gasteiger charge is -2.23. The molecule has 1 aliphatic rings. The van der Waals surface area contributed by atoms with E-state index < -0.39 is 0 Å². The molecule has 116 valence electrons. The Morgan fingerprint density at radius 2 is 2.18 bits per heavy atom. The molecule has 2 aromatic heterocycles. The number of pyridine rings is 1. The van der Waals surface area contributed by atoms with Gasteiger partial charge in [0.2, 0.25) is 5.91 Å². The molecule has 1 atom stereocenters. The molecule has 22 heavy (non-hydrogen) atoms. The van der Waals surface area contributed by atoms with Crippen LogP contribution in [-0.2, 0) is 11.3 Å². The van der Waals surface area contributed by atoms with Crippen molar-refractivity contribution in [1.29, 1.82) is 0 Å². The van der Waals surface area contributed by atoms with Crippen LogP contribution in [0.3, 0.4) is 0 Å². The van der Waals surface area contributed by atoms with E-state index in [0.29, 0.717) is 13.0 Å². The first-order valence-corrected chi connectivity index (χ1v) is 7.66. The van der Waals surface area contributed by atoms with Crippen LogP contribution in [0.4, 0.5) is 0 Å². The fraction of sp³-hybridized carbons (Fsp3) is 0.412. The zero-order valence-corrected chi connectivity index (χ0v) is 12.7. The number of nitrogens with zero attached hydrogens (tertiary/aromatic N) is 2. The predicted molar refractivity (Wildman–Crippen MR) is 82.5 cm³/mol. The van der Waals surface area contributed by atoms with Crippen molar-refractivity contribution in [3.63, 3.8) is 0 Å². The molecule has 5 heteroatoms. The molecule has 3 heterocycles. The Balaban J connectivity index is 1.68. The highest BCUT2D eigenvalue weighted by atomic mass is 16.3. The van der Waals surface area contributed by atoms with E-state index >= 15 is 0 Å². The van der Waals surface area contributed by atoms with E-state index in [1.54, 1.807) is 16.9 Å². The van der Waals surface area contributed by atoms with Crippen molar-refractivity contribution in [2.75, 3.05) is 6.54 Å². The summed E-state index contributed by atoms with van der Waals surface area (Å²) >= 11 is 0. The van der Waals surface area contributed by atoms with Crippen molar-refractivity contribution in [3.8, 4) is 0 Å². The Labute approximate surface area is 129 Å². The van der Waals surface area contributed by atoms with Crippen LogP contribution in [-0.4, -0.2) is 21.9 Å². The maximum atomic E-state index is 12.5. The quantitative estimate of drug-likeness (QED) is 0.871. The lowest BCUT2D eigenvalue weighted by atomic mass is 10.1. The summed E-state index contributed by atoms with van der Waals surface area (Å²) in [5.41, 5.74) is 0.820. The highest BCUT2D eigenvalue weighted by Crippen LogP contribution is 2.32. The first kappa shape index (κ1) is 14.6. The Hall–Kier alpha value is -2.30. The maximum Gasteiger partial charge on any atom is 0.250 e. The third-order valence-corrected chi connectivity index (χ3v) is 4.26. The van der Waals surface area contributed by atoms with Gasteiger partial charge in [-0.15, -0.1) is 0 Å². The molecule has 1 amide bonds. The molecule has 0 radical (unpaired) electrons. The fourth-order valence-electron chi connectivity index (χ4n) is 3.10. The Kier molecular flexibility index (Phi) is 4.13. The molecular formula is C17H20N2O3. The predicted octanol–water partition coefficient (Wildman–Crippen LogP) is 2.50. The van der Waals surface area contributed by atoms with Crippen molar-refractivity contribution < 1.29 is 9.21 Å². The molecule has 0 saturated carbocycles. The van der Waals surface area contributed by atoms with E-state index in [-0.39, 0.29) is 17.5 Å². The highest BCUT2D eigenvalue weighted by Gasteiger charge is 2.31. The molecule has 1 aliphatic heterocycles. The molecule has 0 aliphatic carbocycles. The molecule has 1 fully saturated rings. The van der Waals surface area contributed by atoms with E-state index in [1.807, 2.05) is 30.0 Å². The molecule has 1 saturated heterocycles. The summed E-state index contributed by atoms with van der Waals surface area (Å²) in [4.78, 5) is 26.2. The second-order valence-corrected chi connectivity index (χ2v) is 5.67. The van der Waals surface area contributed by atoms with Gasteiger partial charge in [0.1, 0.15) is 5.76 Å². The average Bonchev–Trinajstić information content (AvgIpc) is 3.17. The molecule has 1 unspecified atom stereocenters. The summed E-state index contributed by atoms with van der Waals surface area (Å²) in [6.07, 6.45) is 3.90. The molecule has 3 rings (SSSR count). The normalized spacial score (nSPS) is 17.9. The number of amides is 1. The minimum atomic E-state index is -0.0585. The SMILES string of the molecule is Cc1cccc(=O)n1CCC(=O)N1CCCC1c1ccco1. The molecular weight excluding hydrogens is 280 g/mol. The maximum absolute atomic E-state index is 12.5. The zero-order chi connectivity index (χ0) is 15.5. The number of hydrogen-bond acceptors (Lipinski definition) is 3. The second kappa shape index (κ2) is 6.22. The number of aromatic nitrogens is 1. The summed E-state index contributed by atoms with van der Waals surface area (Å²) in [5, 5.41) is 0. The first-order valence-electron chi connectivity index (χ1n) is 7.66. The number of carbonyl (C=O) groups excluding carboxylic acids is 1. The summed E-state index contributed by atoms with van der Waals surface area (Å²) in [6, 6.07) is 8.96. The van der Waals surface area contributed by atoms with Gasteiger partial charge in [-0.2, -0.15) is 0 Å². The molecule has 0 bridgehead atoms. The fourth-order valence-corrected chi connectivity index (χ4v) is 3.10. The number of rotatable bonds is 4. The summed E-state index contributed by atoms with van der Waals surface area (Å²) < 4.78 is 7.10. The van der Waals surface area contributed by atoms with Crippen molar-refractivity contribution in [2.24, 2.45) is 0 Å². The van der Waals surface area contributed by atoms with Crippen LogP contribution in [0.25, 0.3) is 0 Å². The van der Waals surface area contributed by atoms with Gasteiger partial charge < -0.3 is 13.9 Å². The molecule has 0 aromatic carbocycles. The number of furan rings is 1. The summed E-state index contributed by atoms with van der Waals surface area (Å²) in [6.45, 7) is 3.06. The van der Waals surface area contributed by atoms with Gasteiger partial charge in [-0.3, -0.25) is 9.59 Å². The van der Waals surface area contributed by atoms with E-state index in [9.17, 15) is 9.59 Å². The Morgan fingerprint density at radius 3 is 2.91 bits per heavy atom. The molecule has 5 nitrogen and oxygen atoms in total. The Bertz CT molecular complexity index is 703. The van der Waals surface area contributed by atoms with Crippen molar-refractivity contribution >= 4 is 5.91 Å². The number of hydrogen-bond donors (Lipinski definition) is 0. The van der Waals surface area contributed by atoms with Gasteiger partial charge in [-0.1, -0.05) is 6.07 Å². The van der Waals surface area contributed by atoms with Gasteiger partial charge in [0.25, 0.3) is 5.56 Å². The van der Waals surface area contributed by atoms with Gasteiger partial charge in [0, 0.05) is 31.3 Å². The summed E-state index contributed by atoms with van der Waals surface area (Å²) in [5.74, 6) is 0.924. The minimum absolute atomic E-state index is 0.0380. The largest absolute Gasteiger partial charge is 0.467 e. The first-order chi connectivity index (χ1) is 10.7. The van der Waals surface area contributed by atoms with Crippen molar-refractivity contribution in [1.82, 2.24) is 9.47 Å². The monoisotopic (exact) mass is 300 g/mol. The number of carbonyl (C=O) groups is 1. The lowest BCUT2D eigenvalue weighted by Crippen LogP contribution is -2.32. The Morgan fingerprint density at radius 1 is 1.32 bits per heavy atom. The van der Waals surface area contributed by atoms with Gasteiger partial charge in [-0.25, -0.2) is 0 Å². The van der Waals surface area contributed by atoms with Gasteiger partial charge in [0.15, 0.2) is 0 Å². The van der Waals surface area contributed by atoms with Gasteiger partial charge in [0.05, 0.1) is 12.3 Å². The van der Waals surface area contributed by atoms with E-state index in [2.05, 4.69) is 0 Å².